The van der Waals surface area contributed by atoms with E-state index in [-0.39, 0.29) is 18.8 Å². The van der Waals surface area contributed by atoms with Crippen molar-refractivity contribution in [1.82, 2.24) is 0 Å². The van der Waals surface area contributed by atoms with E-state index >= 15 is 0 Å². The molecule has 0 saturated heterocycles. The molecule has 0 spiro atoms. The zero-order chi connectivity index (χ0) is 22.1. The van der Waals surface area contributed by atoms with Crippen molar-refractivity contribution in [3.63, 3.8) is 0 Å². The second kappa shape index (κ2) is 10.6. The first-order valence-electron chi connectivity index (χ1n) is 10.3. The Balaban J connectivity index is 2.31. The molecule has 0 amide bonds. The lowest BCUT2D eigenvalue weighted by Gasteiger charge is -2.33. The summed E-state index contributed by atoms with van der Waals surface area (Å²) in [5, 5.41) is 0. The molecule has 2 N–H and O–H groups in total. The van der Waals surface area contributed by atoms with Gasteiger partial charge in [0.1, 0.15) is 17.8 Å². The molecule has 0 aromatic heterocycles. The van der Waals surface area contributed by atoms with E-state index in [2.05, 4.69) is 6.58 Å². The van der Waals surface area contributed by atoms with Crippen molar-refractivity contribution in [2.75, 3.05) is 18.9 Å². The van der Waals surface area contributed by atoms with Crippen LogP contribution in [0, 0.1) is 6.92 Å². The minimum absolute atomic E-state index is 0.0780. The Kier molecular flexibility index (Phi) is 8.22. The highest BCUT2D eigenvalue weighted by molar-refractivity contribution is 5.93. The van der Waals surface area contributed by atoms with E-state index in [9.17, 15) is 9.59 Å². The van der Waals surface area contributed by atoms with Crippen molar-refractivity contribution >= 4 is 17.4 Å². The number of nitrogens with two attached hydrogens (primary N) is 1. The monoisotopic (exact) mass is 409 g/mol. The molecule has 0 saturated carbocycles. The van der Waals surface area contributed by atoms with E-state index in [0.717, 1.165) is 11.1 Å². The quantitative estimate of drug-likeness (QED) is 0.335. The van der Waals surface area contributed by atoms with Gasteiger partial charge in [-0.15, -0.1) is 0 Å². The van der Waals surface area contributed by atoms with Gasteiger partial charge in [-0.25, -0.2) is 0 Å². The summed E-state index contributed by atoms with van der Waals surface area (Å²) in [5.41, 5.74) is 7.70. The van der Waals surface area contributed by atoms with Crippen LogP contribution in [0.4, 0.5) is 5.69 Å². The van der Waals surface area contributed by atoms with Crippen molar-refractivity contribution in [1.29, 1.82) is 0 Å². The summed E-state index contributed by atoms with van der Waals surface area (Å²) in [6.07, 6.45) is 1.09. The van der Waals surface area contributed by atoms with Crippen LogP contribution in [0.3, 0.4) is 0 Å². The van der Waals surface area contributed by atoms with Gasteiger partial charge >= 0.3 is 5.97 Å². The third kappa shape index (κ3) is 5.29. The van der Waals surface area contributed by atoms with Crippen LogP contribution in [0.15, 0.2) is 60.9 Å². The van der Waals surface area contributed by atoms with Gasteiger partial charge in [0.15, 0.2) is 5.78 Å². The second-order valence-corrected chi connectivity index (χ2v) is 7.33. The fourth-order valence-electron chi connectivity index (χ4n) is 3.44. The molecule has 2 aromatic rings. The lowest BCUT2D eigenvalue weighted by molar-refractivity contribution is -0.146. The topological polar surface area (TPSA) is 78.6 Å². The zero-order valence-electron chi connectivity index (χ0n) is 18.1. The van der Waals surface area contributed by atoms with Crippen LogP contribution >= 0.6 is 0 Å². The highest BCUT2D eigenvalue weighted by Gasteiger charge is 2.45. The summed E-state index contributed by atoms with van der Waals surface area (Å²) in [6, 6.07) is 14.7. The van der Waals surface area contributed by atoms with E-state index in [1.54, 1.807) is 12.1 Å². The molecule has 0 aliphatic rings. The number of carbonyl (C=O) groups excluding carboxylic acids is 2. The molecule has 2 aromatic carbocycles. The summed E-state index contributed by atoms with van der Waals surface area (Å²) in [7, 11) is 0. The average Bonchev–Trinajstić information content (AvgIpc) is 2.72. The minimum atomic E-state index is -1.24. The number of esters is 1. The van der Waals surface area contributed by atoms with E-state index in [0.29, 0.717) is 36.5 Å². The van der Waals surface area contributed by atoms with Crippen LogP contribution in [-0.2, 0) is 30.9 Å². The number of ether oxygens (including phenoxy) is 2. The number of hydrogen-bond acceptors (Lipinski definition) is 5. The summed E-state index contributed by atoms with van der Waals surface area (Å²) < 4.78 is 11.3. The van der Waals surface area contributed by atoms with Crippen molar-refractivity contribution in [2.45, 2.75) is 45.4 Å². The van der Waals surface area contributed by atoms with Crippen LogP contribution in [0.2, 0.25) is 0 Å². The second-order valence-electron chi connectivity index (χ2n) is 7.33. The fourth-order valence-corrected chi connectivity index (χ4v) is 3.44. The molecule has 160 valence electrons. The van der Waals surface area contributed by atoms with Crippen LogP contribution in [0.5, 0.6) is 0 Å². The first-order valence-corrected chi connectivity index (χ1v) is 10.3. The van der Waals surface area contributed by atoms with Gasteiger partial charge < -0.3 is 15.2 Å². The van der Waals surface area contributed by atoms with Crippen molar-refractivity contribution in [3.05, 3.63) is 77.6 Å². The van der Waals surface area contributed by atoms with E-state index in [4.69, 9.17) is 15.2 Å². The predicted molar refractivity (Wildman–Crippen MR) is 119 cm³/mol. The zero-order valence-corrected chi connectivity index (χ0v) is 18.1. The summed E-state index contributed by atoms with van der Waals surface area (Å²) in [6.45, 7) is 9.91. The van der Waals surface area contributed by atoms with Crippen molar-refractivity contribution in [2.24, 2.45) is 0 Å². The Morgan fingerprint density at radius 3 is 2.37 bits per heavy atom. The van der Waals surface area contributed by atoms with Gasteiger partial charge in [0.25, 0.3) is 0 Å². The molecule has 0 heterocycles. The number of benzene rings is 2. The summed E-state index contributed by atoms with van der Waals surface area (Å²) in [5.74, 6) is -0.204. The van der Waals surface area contributed by atoms with Gasteiger partial charge in [0, 0.05) is 12.1 Å². The first-order chi connectivity index (χ1) is 14.3. The maximum Gasteiger partial charge on any atom is 0.310 e. The Morgan fingerprint density at radius 2 is 1.77 bits per heavy atom. The fraction of sp³-hybridized carbons (Fsp3) is 0.360. The number of Topliss-reactive ketones (excluding diaryl/α,β-unsaturated/α-hetero) is 1. The van der Waals surface area contributed by atoms with Gasteiger partial charge in [0.2, 0.25) is 0 Å². The number of rotatable bonds is 11. The predicted octanol–water partition coefficient (Wildman–Crippen LogP) is 4.52. The molecule has 0 aliphatic heterocycles. The molecule has 5 heteroatoms. The van der Waals surface area contributed by atoms with Gasteiger partial charge in [-0.3, -0.25) is 9.59 Å². The van der Waals surface area contributed by atoms with Gasteiger partial charge in [-0.05, 0) is 43.0 Å². The molecule has 2 rings (SSSR count). The molecule has 1 unspecified atom stereocenters. The molecule has 0 bridgehead atoms. The highest BCUT2D eigenvalue weighted by atomic mass is 16.5. The largest absolute Gasteiger partial charge is 0.497 e. The minimum Gasteiger partial charge on any atom is -0.497 e. The van der Waals surface area contributed by atoms with E-state index < -0.39 is 11.4 Å². The van der Waals surface area contributed by atoms with Crippen molar-refractivity contribution < 1.29 is 19.1 Å². The van der Waals surface area contributed by atoms with Gasteiger partial charge in [-0.1, -0.05) is 56.0 Å². The average molecular weight is 410 g/mol. The molecule has 5 nitrogen and oxygen atoms in total. The highest BCUT2D eigenvalue weighted by Crippen LogP contribution is 2.35. The summed E-state index contributed by atoms with van der Waals surface area (Å²) in [4.78, 5) is 25.9. The number of aryl methyl sites for hydroxylation is 1. The van der Waals surface area contributed by atoms with Crippen LogP contribution in [0.1, 0.15) is 43.4 Å². The molecule has 30 heavy (non-hydrogen) atoms. The third-order valence-electron chi connectivity index (χ3n) is 5.15. The van der Waals surface area contributed by atoms with E-state index in [1.165, 1.54) is 0 Å². The van der Waals surface area contributed by atoms with Crippen LogP contribution < -0.4 is 5.73 Å². The van der Waals surface area contributed by atoms with E-state index in [1.807, 2.05) is 57.2 Å². The number of anilines is 1. The molecule has 1 atom stereocenters. The van der Waals surface area contributed by atoms with Crippen LogP contribution in [0.25, 0.3) is 0 Å². The first kappa shape index (κ1) is 23.2. The Hall–Kier alpha value is -3.08. The molecular formula is C25H31NO4. The Bertz CT molecular complexity index is 871. The maximum atomic E-state index is 13.3. The molecule has 0 radical (unpaired) electrons. The van der Waals surface area contributed by atoms with Crippen molar-refractivity contribution in [3.8, 4) is 0 Å². The number of ketones is 1. The number of hydrogen-bond donors (Lipinski definition) is 1. The smallest absolute Gasteiger partial charge is 0.310 e. The third-order valence-corrected chi connectivity index (χ3v) is 5.15. The van der Waals surface area contributed by atoms with Crippen LogP contribution in [-0.4, -0.2) is 25.0 Å². The molecule has 0 aliphatic carbocycles. The molecule has 0 fully saturated rings. The van der Waals surface area contributed by atoms with Gasteiger partial charge in [0.05, 0.1) is 13.0 Å². The van der Waals surface area contributed by atoms with Gasteiger partial charge in [-0.2, -0.15) is 0 Å². The maximum absolute atomic E-state index is 13.3. The number of nitrogen functional groups attached to an aromatic ring is 1. The molecular weight excluding hydrogens is 378 g/mol. The standard InChI is InChI=1S/C25H31NO4/c1-5-10-23(27)25(19(4)29-6-2,21-11-8-7-9-12-21)17-30-24(28)16-20-13-14-22(26)18(3)15-20/h7-9,11-15H,4-6,10,16-17,26H2,1-3H3. The normalized spacial score (nSPS) is 12.6. The SMILES string of the molecule is C=C(OCC)C(COC(=O)Cc1ccc(N)c(C)c1)(C(=O)CCC)c1ccccc1. The Morgan fingerprint density at radius 1 is 1.07 bits per heavy atom. The lowest BCUT2D eigenvalue weighted by atomic mass is 9.74. The summed E-state index contributed by atoms with van der Waals surface area (Å²) >= 11 is 0. The lowest BCUT2D eigenvalue weighted by Crippen LogP contribution is -2.43. The Labute approximate surface area is 178 Å². The number of carbonyl (C=O) groups is 2.